The van der Waals surface area contributed by atoms with Crippen molar-refractivity contribution in [2.24, 2.45) is 0 Å². The van der Waals surface area contributed by atoms with Crippen molar-refractivity contribution < 1.29 is 17.1 Å². The van der Waals surface area contributed by atoms with E-state index in [1.165, 1.54) is 6.92 Å². The van der Waals surface area contributed by atoms with Crippen LogP contribution in [0.3, 0.4) is 0 Å². The van der Waals surface area contributed by atoms with Crippen LogP contribution in [0.4, 0.5) is 4.79 Å². The van der Waals surface area contributed by atoms with Crippen LogP contribution in [0.1, 0.15) is 33.4 Å². The Bertz CT molecular complexity index is 867. The molecule has 0 spiro atoms. The Morgan fingerprint density at radius 1 is 1.19 bits per heavy atom. The third kappa shape index (κ3) is 4.43. The summed E-state index contributed by atoms with van der Waals surface area (Å²) in [4.78, 5) is 27.6. The third-order valence-electron chi connectivity index (χ3n) is 4.22. The molecule has 136 valence electrons. The second kappa shape index (κ2) is 7.91. The number of hydrogen-bond acceptors (Lipinski definition) is 5. The van der Waals surface area contributed by atoms with Gasteiger partial charge in [0.1, 0.15) is 10.5 Å². The van der Waals surface area contributed by atoms with E-state index in [2.05, 4.69) is 10.3 Å². The van der Waals surface area contributed by atoms with E-state index in [0.717, 1.165) is 28.8 Å². The number of nitrogens with zero attached hydrogens (tertiary/aromatic N) is 1. The number of ether oxygens (including phenoxy) is 1. The predicted octanol–water partition coefficient (Wildman–Crippen LogP) is 3.55. The second-order valence-electron chi connectivity index (χ2n) is 6.28. The molecule has 26 heavy (non-hydrogen) atoms. The highest BCUT2D eigenvalue weighted by Crippen LogP contribution is 2.34. The second-order valence-corrected chi connectivity index (χ2v) is 7.76. The molecule has 0 radical (unpaired) electrons. The van der Waals surface area contributed by atoms with Crippen molar-refractivity contribution in [2.45, 2.75) is 37.8 Å². The van der Waals surface area contributed by atoms with Crippen LogP contribution in [0.5, 0.6) is 5.75 Å². The van der Waals surface area contributed by atoms with Crippen LogP contribution in [-0.4, -0.2) is 27.5 Å². The van der Waals surface area contributed by atoms with E-state index >= 15 is 0 Å². The molecule has 3 rings (SSSR count). The van der Waals surface area contributed by atoms with Gasteiger partial charge in [0.2, 0.25) is 5.91 Å². The van der Waals surface area contributed by atoms with Gasteiger partial charge >= 0.3 is 0 Å². The number of hydrogen-bond donors (Lipinski definition) is 1. The number of aromatic nitrogens is 1. The normalized spacial score (nSPS) is 21.2. The Hall–Kier alpha value is -2.34. The number of nitrogens with one attached hydrogen (secondary N) is 1. The molecule has 2 heterocycles. The molecule has 5 nitrogen and oxygen atoms in total. The van der Waals surface area contributed by atoms with Crippen LogP contribution in [0.15, 0.2) is 42.6 Å². The van der Waals surface area contributed by atoms with Crippen LogP contribution >= 0.6 is 11.8 Å². The summed E-state index contributed by atoms with van der Waals surface area (Å²) in [5.74, 6) is 0.465. The molecule has 0 bridgehead atoms. The average Bonchev–Trinajstić information content (AvgIpc) is 2.88. The van der Waals surface area contributed by atoms with Gasteiger partial charge in [-0.25, -0.2) is 0 Å². The molecule has 1 saturated heterocycles. The van der Waals surface area contributed by atoms with Crippen LogP contribution in [0.2, 0.25) is 0 Å². The number of pyridine rings is 1. The number of thioether (sulfide) groups is 1. The van der Waals surface area contributed by atoms with Gasteiger partial charge in [0.05, 0.1) is 6.61 Å². The molecule has 1 aromatic carbocycles. The molecule has 1 atom stereocenters. The van der Waals surface area contributed by atoms with Gasteiger partial charge in [0.25, 0.3) is 5.24 Å². The van der Waals surface area contributed by atoms with E-state index in [-0.39, 0.29) is 11.1 Å². The molecule has 1 aliphatic rings. The van der Waals surface area contributed by atoms with E-state index in [0.29, 0.717) is 25.0 Å². The van der Waals surface area contributed by atoms with Crippen LogP contribution < -0.4 is 10.1 Å². The number of rotatable bonds is 7. The lowest BCUT2D eigenvalue weighted by atomic mass is 9.99. The summed E-state index contributed by atoms with van der Waals surface area (Å²) in [6.45, 7) is 3.73. The minimum absolute atomic E-state index is 0.252. The number of aryl methyl sites for hydroxylation is 1. The zero-order chi connectivity index (χ0) is 20.4. The van der Waals surface area contributed by atoms with Crippen molar-refractivity contribution in [1.29, 1.82) is 0 Å². The van der Waals surface area contributed by atoms with Gasteiger partial charge in [-0.05, 0) is 60.8 Å². The van der Waals surface area contributed by atoms with Crippen molar-refractivity contribution >= 4 is 22.9 Å². The molecule has 0 unspecified atom stereocenters. The lowest BCUT2D eigenvalue weighted by Crippen LogP contribution is -2.35. The molecule has 1 fully saturated rings. The Kier molecular flexibility index (Phi) is 4.83. The van der Waals surface area contributed by atoms with Crippen molar-refractivity contribution in [3.8, 4) is 5.75 Å². The van der Waals surface area contributed by atoms with E-state index < -0.39 is 11.1 Å². The highest BCUT2D eigenvalue weighted by molar-refractivity contribution is 8.16. The third-order valence-corrected chi connectivity index (χ3v) is 5.29. The van der Waals surface area contributed by atoms with Gasteiger partial charge in [0, 0.05) is 21.1 Å². The largest absolute Gasteiger partial charge is 0.493 e. The minimum Gasteiger partial charge on any atom is -0.493 e. The SMILES string of the molecule is [2H]C([2H])(C)c1ccc(CCOc2ccc(C[C@@]3(C)SC(=O)NC3=O)cc2)nc1. The molecule has 1 N–H and O–H groups in total. The summed E-state index contributed by atoms with van der Waals surface area (Å²) in [5.41, 5.74) is 2.35. The number of carbonyl (C=O) groups is 2. The minimum atomic E-state index is -1.40. The highest BCUT2D eigenvalue weighted by atomic mass is 32.2. The summed E-state index contributed by atoms with van der Waals surface area (Å²) in [6, 6.07) is 11.1. The first-order valence-corrected chi connectivity index (χ1v) is 9.19. The quantitative estimate of drug-likeness (QED) is 0.805. The number of amides is 2. The smallest absolute Gasteiger partial charge is 0.286 e. The molecule has 2 aromatic rings. The van der Waals surface area contributed by atoms with Crippen LogP contribution in [0, 0.1) is 0 Å². The van der Waals surface area contributed by atoms with E-state index in [4.69, 9.17) is 7.48 Å². The number of carbonyl (C=O) groups excluding carboxylic acids is 2. The van der Waals surface area contributed by atoms with Gasteiger partial charge < -0.3 is 4.74 Å². The Balaban J connectivity index is 1.51. The Labute approximate surface area is 160 Å². The lowest BCUT2D eigenvalue weighted by molar-refractivity contribution is -0.121. The molecule has 2 amide bonds. The maximum atomic E-state index is 11.9. The lowest BCUT2D eigenvalue weighted by Gasteiger charge is -2.18. The van der Waals surface area contributed by atoms with Crippen LogP contribution in [-0.2, 0) is 24.0 Å². The highest BCUT2D eigenvalue weighted by Gasteiger charge is 2.43. The summed E-state index contributed by atoms with van der Waals surface area (Å²) in [5, 5.41) is 2.03. The summed E-state index contributed by atoms with van der Waals surface area (Å²) in [7, 11) is 0. The Morgan fingerprint density at radius 3 is 2.50 bits per heavy atom. The van der Waals surface area contributed by atoms with Crippen molar-refractivity contribution in [3.63, 3.8) is 0 Å². The first kappa shape index (κ1) is 15.9. The zero-order valence-electron chi connectivity index (χ0n) is 16.7. The molecule has 6 heteroatoms. The summed E-state index contributed by atoms with van der Waals surface area (Å²) in [6.07, 6.45) is 1.25. The van der Waals surface area contributed by atoms with E-state index in [9.17, 15) is 9.59 Å². The number of benzene rings is 1. The van der Waals surface area contributed by atoms with Crippen molar-refractivity contribution in [3.05, 3.63) is 59.4 Å². The molecule has 0 saturated carbocycles. The fourth-order valence-electron chi connectivity index (χ4n) is 2.70. The number of imide groups is 1. The van der Waals surface area contributed by atoms with Gasteiger partial charge in [-0.1, -0.05) is 25.1 Å². The summed E-state index contributed by atoms with van der Waals surface area (Å²) < 4.78 is 20.3. The van der Waals surface area contributed by atoms with Gasteiger partial charge in [-0.15, -0.1) is 0 Å². The predicted molar refractivity (Wildman–Crippen MR) is 102 cm³/mol. The van der Waals surface area contributed by atoms with E-state index in [1.807, 2.05) is 30.3 Å². The standard InChI is InChI=1S/C20H22N2O3S/c1-3-14-4-7-16(21-13-14)10-11-25-17-8-5-15(6-9-17)12-20(2)18(23)22-19(24)26-20/h4-9,13H,3,10-12H2,1-2H3,(H,22,23,24)/t20-/m1/s1/i3D2. The van der Waals surface area contributed by atoms with Gasteiger partial charge in [0.15, 0.2) is 0 Å². The van der Waals surface area contributed by atoms with Crippen molar-refractivity contribution in [1.82, 2.24) is 10.3 Å². The molecule has 1 aliphatic heterocycles. The Morgan fingerprint density at radius 2 is 1.92 bits per heavy atom. The first-order chi connectivity index (χ1) is 13.2. The van der Waals surface area contributed by atoms with Gasteiger partial charge in [-0.3, -0.25) is 19.9 Å². The van der Waals surface area contributed by atoms with E-state index in [1.54, 1.807) is 19.2 Å². The van der Waals surface area contributed by atoms with Crippen LogP contribution in [0.25, 0.3) is 0 Å². The topological polar surface area (TPSA) is 68.3 Å². The zero-order valence-corrected chi connectivity index (χ0v) is 15.6. The van der Waals surface area contributed by atoms with Gasteiger partial charge in [-0.2, -0.15) is 0 Å². The first-order valence-electron chi connectivity index (χ1n) is 9.37. The monoisotopic (exact) mass is 372 g/mol. The molecular weight excluding hydrogens is 348 g/mol. The maximum absolute atomic E-state index is 11.9. The molecule has 1 aromatic heterocycles. The van der Waals surface area contributed by atoms with Crippen molar-refractivity contribution in [2.75, 3.05) is 6.61 Å². The maximum Gasteiger partial charge on any atom is 0.286 e. The fraction of sp³-hybridized carbons (Fsp3) is 0.350. The molecular formula is C20H22N2O3S. The average molecular weight is 372 g/mol. The fourth-order valence-corrected chi connectivity index (χ4v) is 3.64. The summed E-state index contributed by atoms with van der Waals surface area (Å²) >= 11 is 1.03. The molecule has 0 aliphatic carbocycles.